The highest BCUT2D eigenvalue weighted by Crippen LogP contribution is 2.23. The summed E-state index contributed by atoms with van der Waals surface area (Å²) in [5.74, 6) is -0.285. The van der Waals surface area contributed by atoms with Crippen molar-refractivity contribution in [1.82, 2.24) is 0 Å². The zero-order valence-electron chi connectivity index (χ0n) is 10.3. The molecule has 2 nitrogen and oxygen atoms in total. The van der Waals surface area contributed by atoms with Crippen LogP contribution in [0, 0.1) is 0 Å². The summed E-state index contributed by atoms with van der Waals surface area (Å²) in [6.45, 7) is 3.63. The average Bonchev–Trinajstić information content (AvgIpc) is 2.98. The third kappa shape index (κ3) is 3.08. The van der Waals surface area contributed by atoms with Crippen molar-refractivity contribution in [2.45, 2.75) is 6.10 Å². The molecule has 0 radical (unpaired) electrons. The maximum atomic E-state index is 12.2. The number of Topliss-reactive ketones (excluding diaryl/α,β-unsaturated/α-hetero) is 1. The van der Waals surface area contributed by atoms with Crippen LogP contribution >= 0.6 is 11.3 Å². The fourth-order valence-corrected chi connectivity index (χ4v) is 2.49. The molecule has 3 heteroatoms. The first-order chi connectivity index (χ1) is 9.24. The second-order valence-electron chi connectivity index (χ2n) is 3.97. The minimum Gasteiger partial charge on any atom is -0.380 e. The van der Waals surface area contributed by atoms with Gasteiger partial charge in [0.05, 0.1) is 4.88 Å². The van der Waals surface area contributed by atoms with Crippen molar-refractivity contribution < 1.29 is 9.90 Å². The number of aliphatic hydroxyl groups is 1. The zero-order chi connectivity index (χ0) is 13.7. The van der Waals surface area contributed by atoms with Crippen LogP contribution in [0.1, 0.15) is 15.2 Å². The Morgan fingerprint density at radius 3 is 2.53 bits per heavy atom. The predicted molar refractivity (Wildman–Crippen MR) is 79.3 cm³/mol. The molecule has 1 atom stereocenters. The van der Waals surface area contributed by atoms with Gasteiger partial charge in [0.15, 0.2) is 0 Å². The van der Waals surface area contributed by atoms with Crippen molar-refractivity contribution in [3.8, 4) is 0 Å². The molecule has 0 bridgehead atoms. The largest absolute Gasteiger partial charge is 0.380 e. The number of carbonyl (C=O) groups excluding carboxylic acids is 1. The number of thiophene rings is 1. The summed E-state index contributed by atoms with van der Waals surface area (Å²) >= 11 is 1.33. The van der Waals surface area contributed by atoms with Crippen LogP contribution in [0.25, 0.3) is 5.57 Å². The molecular weight excluding hydrogens is 256 g/mol. The quantitative estimate of drug-likeness (QED) is 0.666. The molecule has 0 saturated heterocycles. The number of hydrogen-bond donors (Lipinski definition) is 1. The number of allylic oxidation sites excluding steroid dienone is 2. The summed E-state index contributed by atoms with van der Waals surface area (Å²) in [4.78, 5) is 12.7. The van der Waals surface area contributed by atoms with Gasteiger partial charge in [-0.1, -0.05) is 55.1 Å². The van der Waals surface area contributed by atoms with E-state index in [4.69, 9.17) is 0 Å². The van der Waals surface area contributed by atoms with Crippen molar-refractivity contribution >= 4 is 22.7 Å². The van der Waals surface area contributed by atoms with Crippen molar-refractivity contribution in [3.05, 3.63) is 77.0 Å². The van der Waals surface area contributed by atoms with Gasteiger partial charge in [-0.2, -0.15) is 0 Å². The van der Waals surface area contributed by atoms with Gasteiger partial charge in [0.2, 0.25) is 5.78 Å². The van der Waals surface area contributed by atoms with Gasteiger partial charge in [-0.15, -0.1) is 11.3 Å². The van der Waals surface area contributed by atoms with Gasteiger partial charge < -0.3 is 5.11 Å². The zero-order valence-corrected chi connectivity index (χ0v) is 11.1. The van der Waals surface area contributed by atoms with Gasteiger partial charge in [-0.05, 0) is 22.6 Å². The maximum absolute atomic E-state index is 12.2. The van der Waals surface area contributed by atoms with Crippen LogP contribution in [0.5, 0.6) is 0 Å². The first-order valence-electron chi connectivity index (χ1n) is 5.88. The van der Waals surface area contributed by atoms with Crippen molar-refractivity contribution in [2.75, 3.05) is 0 Å². The van der Waals surface area contributed by atoms with E-state index in [1.807, 2.05) is 35.7 Å². The van der Waals surface area contributed by atoms with Crippen LogP contribution in [0.15, 0.2) is 66.6 Å². The normalized spacial score (nSPS) is 13.0. The first kappa shape index (κ1) is 13.5. The number of rotatable bonds is 5. The van der Waals surface area contributed by atoms with Crippen molar-refractivity contribution in [2.24, 2.45) is 0 Å². The minimum absolute atomic E-state index is 0.285. The SMILES string of the molecule is C=C/C=C(\c1ccccc1)C(O)C(=O)c1cccs1. The molecule has 1 aromatic carbocycles. The molecule has 0 aliphatic carbocycles. The Morgan fingerprint density at radius 1 is 1.21 bits per heavy atom. The van der Waals surface area contributed by atoms with E-state index in [0.29, 0.717) is 10.5 Å². The molecule has 2 rings (SSSR count). The van der Waals surface area contributed by atoms with Crippen LogP contribution in [-0.2, 0) is 0 Å². The fraction of sp³-hybridized carbons (Fsp3) is 0.0625. The lowest BCUT2D eigenvalue weighted by atomic mass is 9.96. The molecule has 0 fully saturated rings. The predicted octanol–water partition coefficient (Wildman–Crippen LogP) is 3.56. The van der Waals surface area contributed by atoms with Crippen LogP contribution in [0.2, 0.25) is 0 Å². The van der Waals surface area contributed by atoms with Crippen LogP contribution in [-0.4, -0.2) is 17.0 Å². The third-order valence-electron chi connectivity index (χ3n) is 2.71. The van der Waals surface area contributed by atoms with E-state index >= 15 is 0 Å². The Labute approximate surface area is 116 Å². The molecule has 19 heavy (non-hydrogen) atoms. The topological polar surface area (TPSA) is 37.3 Å². The van der Waals surface area contributed by atoms with Gasteiger partial charge in [-0.3, -0.25) is 4.79 Å². The average molecular weight is 270 g/mol. The fourth-order valence-electron chi connectivity index (χ4n) is 1.80. The van der Waals surface area contributed by atoms with Crippen molar-refractivity contribution in [3.63, 3.8) is 0 Å². The lowest BCUT2D eigenvalue weighted by Crippen LogP contribution is -2.21. The molecule has 1 heterocycles. The second-order valence-corrected chi connectivity index (χ2v) is 4.92. The molecule has 0 spiro atoms. The Balaban J connectivity index is 2.33. The third-order valence-corrected chi connectivity index (χ3v) is 3.60. The highest BCUT2D eigenvalue weighted by Gasteiger charge is 2.22. The van der Waals surface area contributed by atoms with Gasteiger partial charge >= 0.3 is 0 Å². The van der Waals surface area contributed by atoms with E-state index < -0.39 is 6.10 Å². The van der Waals surface area contributed by atoms with E-state index in [1.54, 1.807) is 24.3 Å². The van der Waals surface area contributed by atoms with Crippen LogP contribution in [0.3, 0.4) is 0 Å². The molecule has 0 saturated carbocycles. The Morgan fingerprint density at radius 2 is 1.95 bits per heavy atom. The van der Waals surface area contributed by atoms with Crippen LogP contribution in [0.4, 0.5) is 0 Å². The van der Waals surface area contributed by atoms with E-state index in [9.17, 15) is 9.90 Å². The number of hydrogen-bond acceptors (Lipinski definition) is 3. The molecule has 1 aromatic heterocycles. The smallest absolute Gasteiger partial charge is 0.205 e. The van der Waals surface area contributed by atoms with Gasteiger partial charge in [0.1, 0.15) is 6.10 Å². The lowest BCUT2D eigenvalue weighted by Gasteiger charge is -2.13. The summed E-state index contributed by atoms with van der Waals surface area (Å²) in [5.41, 5.74) is 1.38. The molecule has 0 aliphatic heterocycles. The summed E-state index contributed by atoms with van der Waals surface area (Å²) in [6, 6.07) is 12.9. The molecule has 0 amide bonds. The Kier molecular flexibility index (Phi) is 4.44. The van der Waals surface area contributed by atoms with E-state index in [1.165, 1.54) is 11.3 Å². The number of carbonyl (C=O) groups is 1. The standard InChI is InChI=1S/C16H14O2S/c1-2-7-13(12-8-4-3-5-9-12)15(17)16(18)14-10-6-11-19-14/h2-11,15,17H,1H2/b13-7+. The summed E-state index contributed by atoms with van der Waals surface area (Å²) in [6.07, 6.45) is 2.08. The monoisotopic (exact) mass is 270 g/mol. The first-order valence-corrected chi connectivity index (χ1v) is 6.76. The maximum Gasteiger partial charge on any atom is 0.205 e. The minimum atomic E-state index is -1.17. The highest BCUT2D eigenvalue weighted by atomic mass is 32.1. The van der Waals surface area contributed by atoms with Gasteiger partial charge in [0, 0.05) is 0 Å². The number of aliphatic hydroxyl groups excluding tert-OH is 1. The van der Waals surface area contributed by atoms with E-state index in [2.05, 4.69) is 6.58 Å². The molecule has 96 valence electrons. The summed E-state index contributed by atoms with van der Waals surface area (Å²) < 4.78 is 0. The summed E-state index contributed by atoms with van der Waals surface area (Å²) in [7, 11) is 0. The number of ketones is 1. The Hall–Kier alpha value is -1.97. The van der Waals surface area contributed by atoms with Crippen molar-refractivity contribution in [1.29, 1.82) is 0 Å². The molecule has 1 N–H and O–H groups in total. The Bertz CT molecular complexity index is 582. The summed E-state index contributed by atoms with van der Waals surface area (Å²) in [5, 5.41) is 12.1. The van der Waals surface area contributed by atoms with Gasteiger partial charge in [0.25, 0.3) is 0 Å². The molecule has 2 aromatic rings. The van der Waals surface area contributed by atoms with Crippen LogP contribution < -0.4 is 0 Å². The van der Waals surface area contributed by atoms with Gasteiger partial charge in [-0.25, -0.2) is 0 Å². The molecule has 1 unspecified atom stereocenters. The van der Waals surface area contributed by atoms with E-state index in [0.717, 1.165) is 5.56 Å². The molecular formula is C16H14O2S. The lowest BCUT2D eigenvalue weighted by molar-refractivity contribution is 0.0837. The second kappa shape index (κ2) is 6.27. The highest BCUT2D eigenvalue weighted by molar-refractivity contribution is 7.12. The number of benzene rings is 1. The van der Waals surface area contributed by atoms with E-state index in [-0.39, 0.29) is 5.78 Å². The molecule has 0 aliphatic rings.